The molecule has 2 aromatic rings. The quantitative estimate of drug-likeness (QED) is 0.804. The molecule has 0 bridgehead atoms. The van der Waals surface area contributed by atoms with Gasteiger partial charge in [-0.3, -0.25) is 9.59 Å². The SMILES string of the molecule is O=c1[nH]cc(CCc2ccc(F)c(F)c2)[nH]c1=O. The summed E-state index contributed by atoms with van der Waals surface area (Å²) >= 11 is 0. The van der Waals surface area contributed by atoms with Crippen molar-refractivity contribution in [1.29, 1.82) is 0 Å². The molecule has 0 aliphatic carbocycles. The maximum absolute atomic E-state index is 12.9. The van der Waals surface area contributed by atoms with Gasteiger partial charge in [-0.25, -0.2) is 8.78 Å². The molecule has 2 N–H and O–H groups in total. The van der Waals surface area contributed by atoms with Crippen molar-refractivity contribution in [3.8, 4) is 0 Å². The van der Waals surface area contributed by atoms with Crippen LogP contribution >= 0.6 is 0 Å². The first-order valence-corrected chi connectivity index (χ1v) is 5.31. The van der Waals surface area contributed by atoms with Crippen molar-refractivity contribution in [2.75, 3.05) is 0 Å². The van der Waals surface area contributed by atoms with Crippen molar-refractivity contribution in [2.24, 2.45) is 0 Å². The van der Waals surface area contributed by atoms with Crippen LogP contribution in [0.1, 0.15) is 11.3 Å². The number of aromatic nitrogens is 2. The average molecular weight is 252 g/mol. The number of nitrogens with one attached hydrogen (secondary N) is 2. The molecule has 1 aromatic heterocycles. The first-order chi connectivity index (χ1) is 8.56. The van der Waals surface area contributed by atoms with Gasteiger partial charge in [0.15, 0.2) is 11.6 Å². The van der Waals surface area contributed by atoms with Gasteiger partial charge in [0, 0.05) is 11.9 Å². The lowest BCUT2D eigenvalue weighted by Crippen LogP contribution is -2.29. The number of halogens is 2. The summed E-state index contributed by atoms with van der Waals surface area (Å²) in [5.74, 6) is -1.79. The number of H-pyrrole nitrogens is 2. The predicted molar refractivity (Wildman–Crippen MR) is 61.4 cm³/mol. The molecule has 0 saturated heterocycles. The van der Waals surface area contributed by atoms with E-state index in [-0.39, 0.29) is 0 Å². The molecule has 0 saturated carbocycles. The van der Waals surface area contributed by atoms with E-state index < -0.39 is 22.8 Å². The molecular formula is C12H10F2N2O2. The van der Waals surface area contributed by atoms with Gasteiger partial charge in [0.05, 0.1) is 0 Å². The summed E-state index contributed by atoms with van der Waals surface area (Å²) in [6.45, 7) is 0. The topological polar surface area (TPSA) is 65.7 Å². The summed E-state index contributed by atoms with van der Waals surface area (Å²) in [7, 11) is 0. The summed E-state index contributed by atoms with van der Waals surface area (Å²) in [5.41, 5.74) is -0.297. The van der Waals surface area contributed by atoms with Crippen LogP contribution in [-0.2, 0) is 12.8 Å². The van der Waals surface area contributed by atoms with Crippen molar-refractivity contribution in [1.82, 2.24) is 9.97 Å². The minimum Gasteiger partial charge on any atom is -0.323 e. The molecule has 0 atom stereocenters. The molecule has 18 heavy (non-hydrogen) atoms. The molecule has 0 aliphatic heterocycles. The third-order valence-electron chi connectivity index (χ3n) is 2.52. The van der Waals surface area contributed by atoms with Crippen molar-refractivity contribution in [2.45, 2.75) is 12.8 Å². The Labute approximate surface area is 100 Å². The Morgan fingerprint density at radius 1 is 1.00 bits per heavy atom. The van der Waals surface area contributed by atoms with E-state index in [1.807, 2.05) is 0 Å². The molecule has 2 rings (SSSR count). The Bertz CT molecular complexity index is 676. The normalized spacial score (nSPS) is 10.6. The molecule has 1 aromatic carbocycles. The molecule has 94 valence electrons. The van der Waals surface area contributed by atoms with Gasteiger partial charge < -0.3 is 9.97 Å². The highest BCUT2D eigenvalue weighted by atomic mass is 19.2. The fourth-order valence-electron chi connectivity index (χ4n) is 1.57. The maximum Gasteiger partial charge on any atom is 0.313 e. The van der Waals surface area contributed by atoms with Crippen LogP contribution in [0.3, 0.4) is 0 Å². The standard InChI is InChI=1S/C12H10F2N2O2/c13-9-4-2-7(5-10(9)14)1-3-8-6-15-11(17)12(18)16-8/h2,4-6H,1,3H2,(H,15,17)(H,16,18). The van der Waals surface area contributed by atoms with Gasteiger partial charge >= 0.3 is 11.1 Å². The second-order valence-electron chi connectivity index (χ2n) is 3.85. The fourth-order valence-corrected chi connectivity index (χ4v) is 1.57. The fraction of sp³-hybridized carbons (Fsp3) is 0.167. The van der Waals surface area contributed by atoms with Crippen LogP contribution < -0.4 is 11.1 Å². The van der Waals surface area contributed by atoms with E-state index in [2.05, 4.69) is 9.97 Å². The summed E-state index contributed by atoms with van der Waals surface area (Å²) in [5, 5.41) is 0. The van der Waals surface area contributed by atoms with Crippen LogP contribution in [0.5, 0.6) is 0 Å². The highest BCUT2D eigenvalue weighted by molar-refractivity contribution is 5.18. The van der Waals surface area contributed by atoms with Gasteiger partial charge in [0.25, 0.3) is 0 Å². The lowest BCUT2D eigenvalue weighted by molar-refractivity contribution is 0.507. The second-order valence-corrected chi connectivity index (χ2v) is 3.85. The Morgan fingerprint density at radius 2 is 1.78 bits per heavy atom. The van der Waals surface area contributed by atoms with Crippen molar-refractivity contribution < 1.29 is 8.78 Å². The van der Waals surface area contributed by atoms with Crippen molar-refractivity contribution in [3.05, 3.63) is 68.0 Å². The average Bonchev–Trinajstić information content (AvgIpc) is 2.35. The molecule has 0 amide bonds. The van der Waals surface area contributed by atoms with Crippen LogP contribution in [0.25, 0.3) is 0 Å². The number of benzene rings is 1. The molecule has 6 heteroatoms. The number of hydrogen-bond donors (Lipinski definition) is 2. The third kappa shape index (κ3) is 2.71. The molecule has 0 fully saturated rings. The number of aromatic amines is 2. The van der Waals surface area contributed by atoms with E-state index in [0.717, 1.165) is 12.1 Å². The molecule has 0 aliphatic rings. The van der Waals surface area contributed by atoms with E-state index in [0.29, 0.717) is 24.1 Å². The van der Waals surface area contributed by atoms with Crippen molar-refractivity contribution >= 4 is 0 Å². The Kier molecular flexibility index (Phi) is 3.36. The zero-order valence-corrected chi connectivity index (χ0v) is 9.30. The third-order valence-corrected chi connectivity index (χ3v) is 2.52. The molecule has 4 nitrogen and oxygen atoms in total. The molecule has 0 radical (unpaired) electrons. The number of hydrogen-bond acceptors (Lipinski definition) is 2. The van der Waals surface area contributed by atoms with Crippen LogP contribution in [0.15, 0.2) is 34.0 Å². The molecular weight excluding hydrogens is 242 g/mol. The van der Waals surface area contributed by atoms with Crippen LogP contribution in [-0.4, -0.2) is 9.97 Å². The molecule has 1 heterocycles. The van der Waals surface area contributed by atoms with Gasteiger partial charge in [-0.15, -0.1) is 0 Å². The minimum absolute atomic E-state index is 0.414. The van der Waals surface area contributed by atoms with E-state index in [4.69, 9.17) is 0 Å². The predicted octanol–water partition coefficient (Wildman–Crippen LogP) is 1.13. The first kappa shape index (κ1) is 12.2. The highest BCUT2D eigenvalue weighted by Crippen LogP contribution is 2.10. The smallest absolute Gasteiger partial charge is 0.313 e. The van der Waals surface area contributed by atoms with Crippen LogP contribution in [0.4, 0.5) is 8.78 Å². The van der Waals surface area contributed by atoms with Gasteiger partial charge in [-0.2, -0.15) is 0 Å². The van der Waals surface area contributed by atoms with Crippen molar-refractivity contribution in [3.63, 3.8) is 0 Å². The van der Waals surface area contributed by atoms with Crippen LogP contribution in [0, 0.1) is 11.6 Å². The first-order valence-electron chi connectivity index (χ1n) is 5.31. The maximum atomic E-state index is 12.9. The summed E-state index contributed by atoms with van der Waals surface area (Å²) in [6, 6.07) is 3.64. The largest absolute Gasteiger partial charge is 0.323 e. The lowest BCUT2D eigenvalue weighted by Gasteiger charge is -2.02. The Balaban J connectivity index is 2.11. The minimum atomic E-state index is -0.900. The van der Waals surface area contributed by atoms with Gasteiger partial charge in [-0.05, 0) is 30.5 Å². The Hall–Kier alpha value is -2.24. The Morgan fingerprint density at radius 3 is 2.44 bits per heavy atom. The highest BCUT2D eigenvalue weighted by Gasteiger charge is 2.03. The molecule has 0 unspecified atom stereocenters. The number of rotatable bonds is 3. The number of aryl methyl sites for hydroxylation is 2. The van der Waals surface area contributed by atoms with Gasteiger partial charge in [0.1, 0.15) is 0 Å². The summed E-state index contributed by atoms with van der Waals surface area (Å²) in [4.78, 5) is 26.6. The van der Waals surface area contributed by atoms with E-state index in [9.17, 15) is 18.4 Å². The van der Waals surface area contributed by atoms with E-state index in [1.165, 1.54) is 12.3 Å². The monoisotopic (exact) mass is 252 g/mol. The zero-order chi connectivity index (χ0) is 13.1. The van der Waals surface area contributed by atoms with E-state index in [1.54, 1.807) is 0 Å². The second kappa shape index (κ2) is 4.95. The van der Waals surface area contributed by atoms with Crippen LogP contribution in [0.2, 0.25) is 0 Å². The van der Waals surface area contributed by atoms with E-state index >= 15 is 0 Å². The molecule has 0 spiro atoms. The summed E-state index contributed by atoms with van der Waals surface area (Å²) in [6.07, 6.45) is 2.24. The zero-order valence-electron chi connectivity index (χ0n) is 9.30. The lowest BCUT2D eigenvalue weighted by atomic mass is 10.1. The summed E-state index contributed by atoms with van der Waals surface area (Å²) < 4.78 is 25.6. The van der Waals surface area contributed by atoms with Gasteiger partial charge in [0.2, 0.25) is 0 Å². The van der Waals surface area contributed by atoms with Gasteiger partial charge in [-0.1, -0.05) is 6.07 Å².